The van der Waals surface area contributed by atoms with Crippen molar-refractivity contribution in [3.8, 4) is 0 Å². The molecule has 0 unspecified atom stereocenters. The third kappa shape index (κ3) is 1.33. The molecule has 2 atom stereocenters. The van der Waals surface area contributed by atoms with E-state index >= 15 is 0 Å². The first-order valence-electron chi connectivity index (χ1n) is 5.52. The Hall–Kier alpha value is -0.850. The monoisotopic (exact) mass is 228 g/mol. The maximum Gasteiger partial charge on any atom is 0.315 e. The molecule has 2 amide bonds. The van der Waals surface area contributed by atoms with Gasteiger partial charge >= 0.3 is 12.0 Å². The second-order valence-electron chi connectivity index (χ2n) is 5.16. The van der Waals surface area contributed by atoms with Crippen LogP contribution in [0, 0.1) is 5.41 Å². The number of urea groups is 1. The third-order valence-electron chi connectivity index (χ3n) is 3.39. The van der Waals surface area contributed by atoms with Crippen molar-refractivity contribution in [1.29, 1.82) is 0 Å². The van der Waals surface area contributed by atoms with E-state index < -0.39 is 5.97 Å². The molecule has 0 spiro atoms. The van der Waals surface area contributed by atoms with Crippen molar-refractivity contribution >= 4 is 6.03 Å². The Morgan fingerprint density at radius 1 is 1.19 bits per heavy atom. The number of amides is 2. The van der Waals surface area contributed by atoms with Gasteiger partial charge in [0.05, 0.1) is 25.9 Å². The molecule has 16 heavy (non-hydrogen) atoms. The predicted octanol–water partition coefficient (Wildman–Crippen LogP) is -0.207. The fourth-order valence-electron chi connectivity index (χ4n) is 2.34. The fraction of sp³-hybridized carbons (Fsp3) is 0.900. The SMILES string of the molecule is C[C@@H]1NC(=O)N[C@@H]1C12OCC(C)(CO1)CO2. The lowest BCUT2D eigenvalue weighted by atomic mass is 9.90. The second kappa shape index (κ2) is 3.09. The van der Waals surface area contributed by atoms with E-state index in [-0.39, 0.29) is 23.5 Å². The Balaban J connectivity index is 1.82. The van der Waals surface area contributed by atoms with Gasteiger partial charge in [0.25, 0.3) is 0 Å². The molecule has 4 saturated heterocycles. The van der Waals surface area contributed by atoms with Crippen LogP contribution in [0.2, 0.25) is 0 Å². The minimum Gasteiger partial charge on any atom is -0.333 e. The van der Waals surface area contributed by atoms with Crippen molar-refractivity contribution in [3.05, 3.63) is 0 Å². The van der Waals surface area contributed by atoms with E-state index in [1.165, 1.54) is 0 Å². The Morgan fingerprint density at radius 3 is 2.19 bits per heavy atom. The van der Waals surface area contributed by atoms with Crippen LogP contribution >= 0.6 is 0 Å². The molecule has 6 nitrogen and oxygen atoms in total. The molecule has 0 aromatic carbocycles. The first kappa shape index (κ1) is 10.3. The molecule has 4 aliphatic rings. The highest BCUT2D eigenvalue weighted by Crippen LogP contribution is 2.40. The van der Waals surface area contributed by atoms with E-state index in [0.717, 1.165) is 0 Å². The van der Waals surface area contributed by atoms with Gasteiger partial charge in [-0.1, -0.05) is 6.92 Å². The van der Waals surface area contributed by atoms with E-state index in [1.807, 2.05) is 6.92 Å². The number of carbonyl (C=O) groups excluding carboxylic acids is 1. The number of rotatable bonds is 1. The Bertz CT molecular complexity index is 308. The smallest absolute Gasteiger partial charge is 0.315 e. The largest absolute Gasteiger partial charge is 0.333 e. The van der Waals surface area contributed by atoms with Gasteiger partial charge in [0.2, 0.25) is 0 Å². The quantitative estimate of drug-likeness (QED) is 0.652. The molecule has 0 saturated carbocycles. The van der Waals surface area contributed by atoms with E-state index in [2.05, 4.69) is 17.6 Å². The van der Waals surface area contributed by atoms with Crippen LogP contribution in [0.25, 0.3) is 0 Å². The molecule has 0 aromatic heterocycles. The Morgan fingerprint density at radius 2 is 1.75 bits per heavy atom. The predicted molar refractivity (Wildman–Crippen MR) is 53.6 cm³/mol. The van der Waals surface area contributed by atoms with Crippen LogP contribution < -0.4 is 10.6 Å². The van der Waals surface area contributed by atoms with E-state index in [4.69, 9.17) is 14.2 Å². The number of hydrogen-bond donors (Lipinski definition) is 2. The van der Waals surface area contributed by atoms with Crippen LogP contribution in [0.1, 0.15) is 13.8 Å². The van der Waals surface area contributed by atoms with Crippen molar-refractivity contribution in [2.45, 2.75) is 31.9 Å². The van der Waals surface area contributed by atoms with Gasteiger partial charge < -0.3 is 24.8 Å². The van der Waals surface area contributed by atoms with Crippen LogP contribution in [0.15, 0.2) is 0 Å². The van der Waals surface area contributed by atoms with Crippen LogP contribution in [0.4, 0.5) is 4.79 Å². The van der Waals surface area contributed by atoms with Crippen LogP contribution in [-0.2, 0) is 14.2 Å². The number of carbonyl (C=O) groups is 1. The van der Waals surface area contributed by atoms with E-state index in [0.29, 0.717) is 19.8 Å². The highest BCUT2D eigenvalue weighted by atomic mass is 16.9. The van der Waals surface area contributed by atoms with Gasteiger partial charge in [-0.15, -0.1) is 0 Å². The number of fused-ring (bicyclic) bond motifs is 3. The van der Waals surface area contributed by atoms with E-state index in [9.17, 15) is 4.79 Å². The van der Waals surface area contributed by atoms with Crippen LogP contribution in [0.3, 0.4) is 0 Å². The zero-order chi connectivity index (χ0) is 11.4. The molecule has 0 aromatic rings. The summed E-state index contributed by atoms with van der Waals surface area (Å²) >= 11 is 0. The Kier molecular flexibility index (Phi) is 1.99. The van der Waals surface area contributed by atoms with Gasteiger partial charge in [-0.2, -0.15) is 0 Å². The summed E-state index contributed by atoms with van der Waals surface area (Å²) in [5, 5.41) is 5.54. The van der Waals surface area contributed by atoms with Gasteiger partial charge in [0.15, 0.2) is 0 Å². The topological polar surface area (TPSA) is 68.8 Å². The van der Waals surface area contributed by atoms with Crippen molar-refractivity contribution in [3.63, 3.8) is 0 Å². The second-order valence-corrected chi connectivity index (χ2v) is 5.16. The van der Waals surface area contributed by atoms with Gasteiger partial charge in [-0.25, -0.2) is 4.79 Å². The summed E-state index contributed by atoms with van der Waals surface area (Å²) in [5.74, 6) is -1.10. The van der Waals surface area contributed by atoms with Gasteiger partial charge in [-0.3, -0.25) is 0 Å². The normalized spacial score (nSPS) is 51.2. The maximum atomic E-state index is 11.3. The standard InChI is InChI=1S/C10H16N2O4/c1-6-7(12-8(13)11-6)10-14-3-9(2,4-15-10)5-16-10/h6-7H,3-5H2,1-2H3,(H2,11,12,13)/t6-,7-,9?,10?/m0/s1. The van der Waals surface area contributed by atoms with Crippen molar-refractivity contribution < 1.29 is 19.0 Å². The fourth-order valence-corrected chi connectivity index (χ4v) is 2.34. The summed E-state index contributed by atoms with van der Waals surface area (Å²) < 4.78 is 17.0. The molecule has 2 N–H and O–H groups in total. The Labute approximate surface area is 93.6 Å². The molecular weight excluding hydrogens is 212 g/mol. The highest BCUT2D eigenvalue weighted by Gasteiger charge is 2.58. The summed E-state index contributed by atoms with van der Waals surface area (Å²) in [6.07, 6.45) is 0. The average molecular weight is 228 g/mol. The zero-order valence-corrected chi connectivity index (χ0v) is 9.41. The molecular formula is C10H16N2O4. The zero-order valence-electron chi connectivity index (χ0n) is 9.41. The summed E-state index contributed by atoms with van der Waals surface area (Å²) in [6, 6.07) is -0.582. The molecule has 0 aliphatic carbocycles. The van der Waals surface area contributed by atoms with Gasteiger partial charge in [0, 0.05) is 5.41 Å². The number of ether oxygens (including phenoxy) is 3. The molecule has 0 radical (unpaired) electrons. The maximum absolute atomic E-state index is 11.3. The lowest BCUT2D eigenvalue weighted by Crippen LogP contribution is -2.67. The molecule has 4 rings (SSSR count). The number of hydrogen-bond acceptors (Lipinski definition) is 4. The molecule has 2 bridgehead atoms. The lowest BCUT2D eigenvalue weighted by molar-refractivity contribution is -0.473. The van der Waals surface area contributed by atoms with Gasteiger partial charge in [0.1, 0.15) is 6.04 Å². The molecule has 4 heterocycles. The van der Waals surface area contributed by atoms with Crippen LogP contribution in [-0.4, -0.2) is 43.9 Å². The number of nitrogens with one attached hydrogen (secondary N) is 2. The summed E-state index contributed by atoms with van der Waals surface area (Å²) in [4.78, 5) is 11.3. The third-order valence-corrected chi connectivity index (χ3v) is 3.39. The minimum atomic E-state index is -1.10. The van der Waals surface area contributed by atoms with Crippen molar-refractivity contribution in [2.75, 3.05) is 19.8 Å². The van der Waals surface area contributed by atoms with Gasteiger partial charge in [-0.05, 0) is 6.92 Å². The lowest BCUT2D eigenvalue weighted by Gasteiger charge is -2.52. The summed E-state index contributed by atoms with van der Waals surface area (Å²) in [6.45, 7) is 5.77. The molecule has 4 fully saturated rings. The molecule has 90 valence electrons. The average Bonchev–Trinajstić information content (AvgIpc) is 2.60. The van der Waals surface area contributed by atoms with Crippen LogP contribution in [0.5, 0.6) is 0 Å². The molecule has 6 heteroatoms. The summed E-state index contributed by atoms with van der Waals surface area (Å²) in [7, 11) is 0. The first-order valence-corrected chi connectivity index (χ1v) is 5.52. The van der Waals surface area contributed by atoms with Crippen molar-refractivity contribution in [2.24, 2.45) is 5.41 Å². The highest BCUT2D eigenvalue weighted by molar-refractivity contribution is 5.77. The van der Waals surface area contributed by atoms with E-state index in [1.54, 1.807) is 0 Å². The molecule has 4 aliphatic heterocycles. The minimum absolute atomic E-state index is 0.0545. The first-order chi connectivity index (χ1) is 7.53. The van der Waals surface area contributed by atoms with Crippen molar-refractivity contribution in [1.82, 2.24) is 10.6 Å². The summed E-state index contributed by atoms with van der Waals surface area (Å²) in [5.41, 5.74) is -0.0545.